The smallest absolute Gasteiger partial charge is 0.324 e. The average molecular weight is 330 g/mol. The predicted molar refractivity (Wildman–Crippen MR) is 73.7 cm³/mol. The molecule has 1 fully saturated rings. The van der Waals surface area contributed by atoms with Gasteiger partial charge in [-0.1, -0.05) is 6.07 Å². The number of carbonyl (C=O) groups is 1. The van der Waals surface area contributed by atoms with Crippen LogP contribution in [0.25, 0.3) is 0 Å². The number of nitro groups is 1. The molecule has 0 saturated carbocycles. The summed E-state index contributed by atoms with van der Waals surface area (Å²) in [6.45, 7) is 0.0736. The Kier molecular flexibility index (Phi) is 4.33. The molecule has 1 saturated heterocycles. The molecule has 0 aliphatic carbocycles. The van der Waals surface area contributed by atoms with Crippen molar-refractivity contribution in [2.24, 2.45) is 0 Å². The molecular weight excluding hydrogens is 316 g/mol. The maximum Gasteiger partial charge on any atom is 0.324 e. The molecule has 1 atom stereocenters. The van der Waals surface area contributed by atoms with Gasteiger partial charge in [-0.2, -0.15) is 4.31 Å². The maximum atomic E-state index is 12.6. The third-order valence-corrected chi connectivity index (χ3v) is 5.38. The van der Waals surface area contributed by atoms with Crippen molar-refractivity contribution in [3.63, 3.8) is 0 Å². The van der Waals surface area contributed by atoms with Crippen molar-refractivity contribution >= 4 is 21.7 Å². The van der Waals surface area contributed by atoms with Crippen LogP contribution in [0.3, 0.4) is 0 Å². The highest BCUT2D eigenvalue weighted by atomic mass is 32.2. The van der Waals surface area contributed by atoms with Crippen molar-refractivity contribution < 1.29 is 28.0 Å². The summed E-state index contributed by atoms with van der Waals surface area (Å²) in [7, 11) is -3.10. The highest BCUT2D eigenvalue weighted by Crippen LogP contribution is 2.36. The highest BCUT2D eigenvalue weighted by molar-refractivity contribution is 7.89. The van der Waals surface area contributed by atoms with Crippen molar-refractivity contribution in [3.8, 4) is 5.75 Å². The summed E-state index contributed by atoms with van der Waals surface area (Å²) >= 11 is 0. The van der Waals surface area contributed by atoms with Crippen molar-refractivity contribution in [3.05, 3.63) is 28.3 Å². The van der Waals surface area contributed by atoms with Crippen LogP contribution in [0.5, 0.6) is 5.75 Å². The molecule has 22 heavy (non-hydrogen) atoms. The van der Waals surface area contributed by atoms with Crippen molar-refractivity contribution in [1.82, 2.24) is 4.31 Å². The fourth-order valence-corrected chi connectivity index (χ4v) is 4.14. The van der Waals surface area contributed by atoms with Gasteiger partial charge in [-0.3, -0.25) is 14.9 Å². The Morgan fingerprint density at radius 3 is 2.77 bits per heavy atom. The zero-order valence-electron chi connectivity index (χ0n) is 11.6. The molecule has 1 aliphatic rings. The summed E-state index contributed by atoms with van der Waals surface area (Å²) in [5.74, 6) is -1.64. The Morgan fingerprint density at radius 2 is 2.18 bits per heavy atom. The molecule has 1 N–H and O–H groups in total. The van der Waals surface area contributed by atoms with Gasteiger partial charge in [0.25, 0.3) is 0 Å². The van der Waals surface area contributed by atoms with E-state index in [1.54, 1.807) is 0 Å². The Labute approximate surface area is 126 Å². The van der Waals surface area contributed by atoms with E-state index in [1.807, 2.05) is 0 Å². The number of hydrogen-bond donors (Lipinski definition) is 1. The molecule has 0 spiro atoms. The minimum atomic E-state index is -4.25. The Bertz CT molecular complexity index is 716. The number of aromatic hydroxyl groups is 1. The van der Waals surface area contributed by atoms with Crippen LogP contribution in [0.2, 0.25) is 0 Å². The lowest BCUT2D eigenvalue weighted by Crippen LogP contribution is -2.41. The third-order valence-electron chi connectivity index (χ3n) is 3.44. The van der Waals surface area contributed by atoms with Crippen molar-refractivity contribution in [1.29, 1.82) is 0 Å². The molecule has 0 bridgehead atoms. The van der Waals surface area contributed by atoms with E-state index in [-0.39, 0.29) is 6.54 Å². The van der Waals surface area contributed by atoms with Gasteiger partial charge in [0, 0.05) is 12.6 Å². The third kappa shape index (κ3) is 2.62. The number of sulfonamides is 1. The lowest BCUT2D eigenvalue weighted by atomic mass is 10.2. The first-order valence-electron chi connectivity index (χ1n) is 6.36. The van der Waals surface area contributed by atoms with Crippen LogP contribution in [-0.2, 0) is 19.6 Å². The first-order chi connectivity index (χ1) is 10.3. The number of ether oxygens (including phenoxy) is 1. The quantitative estimate of drug-likeness (QED) is 0.487. The Morgan fingerprint density at radius 1 is 1.50 bits per heavy atom. The van der Waals surface area contributed by atoms with Gasteiger partial charge in [0.2, 0.25) is 15.8 Å². The molecule has 1 aromatic rings. The summed E-state index contributed by atoms with van der Waals surface area (Å²) in [5, 5.41) is 20.7. The first-order valence-corrected chi connectivity index (χ1v) is 7.80. The molecule has 0 amide bonds. The van der Waals surface area contributed by atoms with Crippen LogP contribution in [0.1, 0.15) is 12.8 Å². The van der Waals surface area contributed by atoms with Gasteiger partial charge in [0.05, 0.1) is 12.0 Å². The SMILES string of the molecule is COC(=O)[C@@H]1CCCN1S(=O)(=O)c1cccc([N+](=O)[O-])c1O. The Hall–Kier alpha value is -2.20. The van der Waals surface area contributed by atoms with E-state index < -0.39 is 43.3 Å². The monoisotopic (exact) mass is 330 g/mol. The number of hydrogen-bond acceptors (Lipinski definition) is 7. The van der Waals surface area contributed by atoms with Crippen LogP contribution in [0.15, 0.2) is 23.1 Å². The van der Waals surface area contributed by atoms with E-state index in [0.717, 1.165) is 29.6 Å². The summed E-state index contributed by atoms with van der Waals surface area (Å²) < 4.78 is 30.7. The number of nitrogens with zero attached hydrogens (tertiary/aromatic N) is 2. The van der Waals surface area contributed by atoms with Gasteiger partial charge in [-0.25, -0.2) is 8.42 Å². The van der Waals surface area contributed by atoms with Crippen LogP contribution in [0.4, 0.5) is 5.69 Å². The van der Waals surface area contributed by atoms with Crippen LogP contribution in [-0.4, -0.2) is 48.4 Å². The number of phenolic OH excluding ortho intramolecular Hbond substituents is 1. The number of para-hydroxylation sites is 1. The lowest BCUT2D eigenvalue weighted by molar-refractivity contribution is -0.386. The van der Waals surface area contributed by atoms with Crippen LogP contribution in [0, 0.1) is 10.1 Å². The lowest BCUT2D eigenvalue weighted by Gasteiger charge is -2.22. The molecule has 0 unspecified atom stereocenters. The van der Waals surface area contributed by atoms with E-state index in [2.05, 4.69) is 4.74 Å². The van der Waals surface area contributed by atoms with E-state index in [4.69, 9.17) is 0 Å². The standard InChI is InChI=1S/C12H14N2O7S/c1-21-12(16)9-5-3-7-13(9)22(19,20)10-6-2-4-8(11(10)15)14(17)18/h2,4,6,9,15H,3,5,7H2,1H3/t9-/m0/s1. The molecule has 0 radical (unpaired) electrons. The minimum absolute atomic E-state index is 0.0736. The van der Waals surface area contributed by atoms with Gasteiger partial charge in [0.15, 0.2) is 0 Å². The largest absolute Gasteiger partial charge is 0.501 e. The molecule has 9 nitrogen and oxygen atoms in total. The number of carbonyl (C=O) groups excluding carboxylic acids is 1. The van der Waals surface area contributed by atoms with Gasteiger partial charge in [-0.15, -0.1) is 0 Å². The predicted octanol–water partition coefficient (Wildman–Crippen LogP) is 0.626. The second kappa shape index (κ2) is 5.89. The number of phenols is 1. The van der Waals surface area contributed by atoms with E-state index >= 15 is 0 Å². The van der Waals surface area contributed by atoms with Crippen LogP contribution >= 0.6 is 0 Å². The molecular formula is C12H14N2O7S. The summed E-state index contributed by atoms with van der Waals surface area (Å²) in [6, 6.07) is 2.22. The van der Waals surface area contributed by atoms with Gasteiger partial charge < -0.3 is 9.84 Å². The highest BCUT2D eigenvalue weighted by Gasteiger charge is 2.42. The topological polar surface area (TPSA) is 127 Å². The van der Waals surface area contributed by atoms with Gasteiger partial charge in [0.1, 0.15) is 10.9 Å². The summed E-state index contributed by atoms with van der Waals surface area (Å²) in [4.78, 5) is 21.0. The molecule has 120 valence electrons. The zero-order valence-corrected chi connectivity index (χ0v) is 12.4. The fourth-order valence-electron chi connectivity index (χ4n) is 2.39. The molecule has 1 aromatic carbocycles. The second-order valence-electron chi connectivity index (χ2n) is 4.68. The van der Waals surface area contributed by atoms with Gasteiger partial charge in [-0.05, 0) is 18.9 Å². The molecule has 2 rings (SSSR count). The Balaban J connectivity index is 2.49. The number of methoxy groups -OCH3 is 1. The summed E-state index contributed by atoms with van der Waals surface area (Å²) in [6.07, 6.45) is 0.746. The van der Waals surface area contributed by atoms with Crippen molar-refractivity contribution in [2.45, 2.75) is 23.8 Å². The first kappa shape index (κ1) is 16.2. The number of esters is 1. The average Bonchev–Trinajstić information content (AvgIpc) is 2.96. The van der Waals surface area contributed by atoms with Crippen molar-refractivity contribution in [2.75, 3.05) is 13.7 Å². The number of nitro benzene ring substituents is 1. The molecule has 10 heteroatoms. The zero-order chi connectivity index (χ0) is 16.5. The summed E-state index contributed by atoms with van der Waals surface area (Å²) in [5.41, 5.74) is -0.713. The van der Waals surface area contributed by atoms with Gasteiger partial charge >= 0.3 is 11.7 Å². The van der Waals surface area contributed by atoms with E-state index in [1.165, 1.54) is 0 Å². The number of rotatable bonds is 4. The second-order valence-corrected chi connectivity index (χ2v) is 6.54. The maximum absolute atomic E-state index is 12.6. The molecule has 0 aromatic heterocycles. The fraction of sp³-hybridized carbons (Fsp3) is 0.417. The number of benzene rings is 1. The molecule has 1 aliphatic heterocycles. The van der Waals surface area contributed by atoms with E-state index in [9.17, 15) is 28.4 Å². The minimum Gasteiger partial charge on any atom is -0.501 e. The van der Waals surface area contributed by atoms with E-state index in [0.29, 0.717) is 12.8 Å². The normalized spacial score (nSPS) is 19.0. The van der Waals surface area contributed by atoms with Crippen LogP contribution < -0.4 is 0 Å². The molecule has 1 heterocycles.